The van der Waals surface area contributed by atoms with E-state index in [0.29, 0.717) is 48.2 Å². The van der Waals surface area contributed by atoms with Crippen LogP contribution in [0.1, 0.15) is 48.2 Å². The number of methoxy groups -OCH3 is 1. The molecule has 2 aromatic rings. The Morgan fingerprint density at radius 3 is 2.30 bits per heavy atom. The van der Waals surface area contributed by atoms with E-state index in [1.165, 1.54) is 7.11 Å². The molecule has 7 nitrogen and oxygen atoms in total. The molecule has 1 heterocycles. The number of likely N-dealkylation sites (tertiary alicyclic amines) is 1. The number of piperidine rings is 1. The van der Waals surface area contributed by atoms with Crippen molar-refractivity contribution in [3.8, 4) is 5.75 Å². The lowest BCUT2D eigenvalue weighted by molar-refractivity contribution is -0.330. The Labute approximate surface area is 200 Å². The number of hydrogen-bond donors (Lipinski definition) is 2. The van der Waals surface area contributed by atoms with Crippen LogP contribution in [0.5, 0.6) is 5.75 Å². The van der Waals surface area contributed by atoms with Crippen LogP contribution < -0.4 is 10.1 Å². The highest BCUT2D eigenvalue weighted by Crippen LogP contribution is 2.35. The molecule has 33 heavy (non-hydrogen) atoms. The highest BCUT2D eigenvalue weighted by Gasteiger charge is 2.42. The first-order valence-electron chi connectivity index (χ1n) is 11.3. The van der Waals surface area contributed by atoms with Crippen molar-refractivity contribution in [2.75, 3.05) is 33.4 Å². The smallest absolute Gasteiger partial charge is 0.258 e. The summed E-state index contributed by atoms with van der Waals surface area (Å²) in [6.07, 6.45) is 1.50. The van der Waals surface area contributed by atoms with Crippen molar-refractivity contribution in [2.24, 2.45) is 0 Å². The van der Waals surface area contributed by atoms with E-state index in [9.17, 15) is 9.90 Å². The number of halogens is 1. The van der Waals surface area contributed by atoms with Crippen LogP contribution in [0.3, 0.4) is 0 Å². The van der Waals surface area contributed by atoms with E-state index in [2.05, 4.69) is 10.2 Å². The molecule has 0 saturated carbocycles. The molecule has 1 aliphatic rings. The van der Waals surface area contributed by atoms with Crippen LogP contribution in [0.2, 0.25) is 5.02 Å². The molecule has 1 aliphatic heterocycles. The summed E-state index contributed by atoms with van der Waals surface area (Å²) in [7, 11) is 1.54. The number of ether oxygens (including phenoxy) is 3. The van der Waals surface area contributed by atoms with Crippen molar-refractivity contribution in [3.05, 3.63) is 64.2 Å². The number of nitrogens with one attached hydrogen (secondary N) is 1. The molecular weight excluding hydrogens is 444 g/mol. The lowest BCUT2D eigenvalue weighted by Crippen LogP contribution is -2.55. The molecule has 1 fully saturated rings. The van der Waals surface area contributed by atoms with Gasteiger partial charge >= 0.3 is 0 Å². The average molecular weight is 477 g/mol. The summed E-state index contributed by atoms with van der Waals surface area (Å²) in [4.78, 5) is 15.0. The summed E-state index contributed by atoms with van der Waals surface area (Å²) in [6, 6.07) is 12.6. The van der Waals surface area contributed by atoms with Crippen LogP contribution in [0.15, 0.2) is 42.5 Å². The summed E-state index contributed by atoms with van der Waals surface area (Å²) in [5, 5.41) is 13.2. The minimum absolute atomic E-state index is 0.0173. The third-order valence-electron chi connectivity index (χ3n) is 5.78. The van der Waals surface area contributed by atoms with Gasteiger partial charge in [-0.3, -0.25) is 4.79 Å². The van der Waals surface area contributed by atoms with Gasteiger partial charge < -0.3 is 24.6 Å². The van der Waals surface area contributed by atoms with Crippen molar-refractivity contribution in [2.45, 2.75) is 45.2 Å². The van der Waals surface area contributed by atoms with Crippen molar-refractivity contribution in [3.63, 3.8) is 0 Å². The molecule has 0 radical (unpaired) electrons. The molecule has 1 saturated heterocycles. The van der Waals surface area contributed by atoms with Crippen LogP contribution in [0.25, 0.3) is 0 Å². The minimum atomic E-state index is -0.994. The van der Waals surface area contributed by atoms with Gasteiger partial charge in [-0.15, -0.1) is 0 Å². The first-order chi connectivity index (χ1) is 15.9. The number of rotatable bonds is 10. The summed E-state index contributed by atoms with van der Waals surface area (Å²) >= 11 is 6.10. The second-order valence-corrected chi connectivity index (χ2v) is 8.35. The van der Waals surface area contributed by atoms with Gasteiger partial charge in [0.05, 0.1) is 13.7 Å². The highest BCUT2D eigenvalue weighted by atomic mass is 35.5. The number of benzene rings is 2. The number of aliphatic hydroxyl groups is 1. The van der Waals surface area contributed by atoms with E-state index in [0.717, 1.165) is 18.4 Å². The van der Waals surface area contributed by atoms with Gasteiger partial charge in [0.1, 0.15) is 5.75 Å². The average Bonchev–Trinajstić information content (AvgIpc) is 2.84. The molecule has 1 amide bonds. The molecule has 0 aromatic heterocycles. The molecule has 8 heteroatoms. The van der Waals surface area contributed by atoms with E-state index in [-0.39, 0.29) is 18.6 Å². The molecule has 0 aliphatic carbocycles. The number of nitrogens with zero attached hydrogens (tertiary/aromatic N) is 1. The van der Waals surface area contributed by atoms with Gasteiger partial charge in [0.25, 0.3) is 11.8 Å². The second kappa shape index (κ2) is 11.8. The molecule has 0 bridgehead atoms. The summed E-state index contributed by atoms with van der Waals surface area (Å²) < 4.78 is 17.7. The Morgan fingerprint density at radius 2 is 1.76 bits per heavy atom. The highest BCUT2D eigenvalue weighted by molar-refractivity contribution is 6.30. The Balaban J connectivity index is 1.71. The number of carbonyl (C=O) groups is 1. The zero-order chi connectivity index (χ0) is 23.8. The van der Waals surface area contributed by atoms with Crippen LogP contribution in [-0.2, 0) is 22.0 Å². The monoisotopic (exact) mass is 476 g/mol. The summed E-state index contributed by atoms with van der Waals surface area (Å²) in [6.45, 7) is 6.10. The van der Waals surface area contributed by atoms with Gasteiger partial charge in [-0.1, -0.05) is 23.7 Å². The number of hydrogen-bond acceptors (Lipinski definition) is 6. The molecule has 0 atom stereocenters. The lowest BCUT2D eigenvalue weighted by Gasteiger charge is -2.46. The van der Waals surface area contributed by atoms with Gasteiger partial charge in [0.2, 0.25) is 0 Å². The Kier molecular flexibility index (Phi) is 9.11. The van der Waals surface area contributed by atoms with Crippen molar-refractivity contribution in [1.82, 2.24) is 10.2 Å². The fourth-order valence-electron chi connectivity index (χ4n) is 4.21. The number of carbonyl (C=O) groups excluding carboxylic acids is 1. The lowest BCUT2D eigenvalue weighted by atomic mass is 10.0. The van der Waals surface area contributed by atoms with Crippen molar-refractivity contribution < 1.29 is 24.1 Å². The maximum Gasteiger partial charge on any atom is 0.258 e. The van der Waals surface area contributed by atoms with Crippen LogP contribution >= 0.6 is 11.6 Å². The standard InChI is InChI=1S/C25H33ClN2O5/c1-4-32-25(33-5-2,20-6-8-21(26)9-7-20)28-12-10-22(11-13-28)27-24(30)19-14-18(17-29)15-23(16-19)31-3/h6-9,14-16,22,29H,4-5,10-13,17H2,1-3H3,(H,27,30). The topological polar surface area (TPSA) is 80.3 Å². The SMILES string of the molecule is CCOC(OCC)(c1ccc(Cl)cc1)N1CCC(NC(=O)c2cc(CO)cc(OC)c2)CC1. The Bertz CT molecular complexity index is 885. The van der Waals surface area contributed by atoms with Gasteiger partial charge in [0, 0.05) is 48.5 Å². The quantitative estimate of drug-likeness (QED) is 0.506. The van der Waals surface area contributed by atoms with Crippen LogP contribution in [-0.4, -0.2) is 55.4 Å². The van der Waals surface area contributed by atoms with Gasteiger partial charge in [0.15, 0.2) is 0 Å². The Hall–Kier alpha value is -2.16. The minimum Gasteiger partial charge on any atom is -0.497 e. The number of aliphatic hydroxyl groups excluding tert-OH is 1. The molecular formula is C25H33ClN2O5. The molecule has 180 valence electrons. The summed E-state index contributed by atoms with van der Waals surface area (Å²) in [5.74, 6) is -0.630. The molecule has 2 aromatic carbocycles. The van der Waals surface area contributed by atoms with Gasteiger partial charge in [-0.25, -0.2) is 4.90 Å². The second-order valence-electron chi connectivity index (χ2n) is 7.92. The molecule has 3 rings (SSSR count). The Morgan fingerprint density at radius 1 is 1.12 bits per heavy atom. The van der Waals surface area contributed by atoms with E-state index in [1.807, 2.05) is 38.1 Å². The maximum atomic E-state index is 12.9. The van der Waals surface area contributed by atoms with Gasteiger partial charge in [-0.05, 0) is 62.6 Å². The normalized spacial score (nSPS) is 15.4. The molecule has 0 spiro atoms. The van der Waals surface area contributed by atoms with Crippen LogP contribution in [0, 0.1) is 0 Å². The third kappa shape index (κ3) is 6.05. The first kappa shape index (κ1) is 25.5. The number of amides is 1. The largest absolute Gasteiger partial charge is 0.497 e. The van der Waals surface area contributed by atoms with Crippen molar-refractivity contribution >= 4 is 17.5 Å². The maximum absolute atomic E-state index is 12.9. The predicted molar refractivity (Wildman–Crippen MR) is 127 cm³/mol. The molecule has 0 unspecified atom stereocenters. The zero-order valence-electron chi connectivity index (χ0n) is 19.5. The van der Waals surface area contributed by atoms with E-state index < -0.39 is 5.91 Å². The summed E-state index contributed by atoms with van der Waals surface area (Å²) in [5.41, 5.74) is 2.00. The van der Waals surface area contributed by atoms with E-state index in [4.69, 9.17) is 25.8 Å². The van der Waals surface area contributed by atoms with E-state index >= 15 is 0 Å². The van der Waals surface area contributed by atoms with E-state index in [1.54, 1.807) is 18.2 Å². The predicted octanol–water partition coefficient (Wildman–Crippen LogP) is 3.92. The van der Waals surface area contributed by atoms with Crippen LogP contribution in [0.4, 0.5) is 0 Å². The third-order valence-corrected chi connectivity index (χ3v) is 6.03. The molecule has 2 N–H and O–H groups in total. The van der Waals surface area contributed by atoms with Gasteiger partial charge in [-0.2, -0.15) is 0 Å². The fourth-order valence-corrected chi connectivity index (χ4v) is 4.34. The fraction of sp³-hybridized carbons (Fsp3) is 0.480. The first-order valence-corrected chi connectivity index (χ1v) is 11.7. The zero-order valence-corrected chi connectivity index (χ0v) is 20.2. The van der Waals surface area contributed by atoms with Crippen molar-refractivity contribution in [1.29, 1.82) is 0 Å².